The van der Waals surface area contributed by atoms with Gasteiger partial charge in [0.2, 0.25) is 0 Å². The maximum Gasteiger partial charge on any atom is 1.00 e. The number of halogens is 2. The van der Waals surface area contributed by atoms with Crippen molar-refractivity contribution in [1.82, 2.24) is 4.98 Å². The molecule has 0 fully saturated rings. The van der Waals surface area contributed by atoms with Crippen molar-refractivity contribution < 1.29 is 64.6 Å². The molecule has 1 heterocycles. The van der Waals surface area contributed by atoms with E-state index in [-0.39, 0.29) is 51.4 Å². The van der Waals surface area contributed by atoms with Crippen LogP contribution in [0.3, 0.4) is 0 Å². The number of pyridine rings is 1. The largest absolute Gasteiger partial charge is 1.00 e. The van der Waals surface area contributed by atoms with E-state index in [0.29, 0.717) is 24.0 Å². The fourth-order valence-electron chi connectivity index (χ4n) is 2.08. The van der Waals surface area contributed by atoms with E-state index in [9.17, 15) is 4.21 Å². The first-order chi connectivity index (χ1) is 13.5. The average molecular weight is 497 g/mol. The van der Waals surface area contributed by atoms with E-state index < -0.39 is 11.0 Å². The predicted octanol–water partition coefficient (Wildman–Crippen LogP) is 3.52. The number of fused-ring (bicyclic) bond motifs is 1. The molecule has 0 aliphatic heterocycles. The Hall–Kier alpha value is 0.366. The van der Waals surface area contributed by atoms with Gasteiger partial charge >= 0.3 is 51.4 Å². The topological polar surface area (TPSA) is 60.5 Å². The maximum absolute atomic E-state index is 12.3. The molecule has 5 nitrogen and oxygen atoms in total. The first kappa shape index (κ1) is 27.4. The van der Waals surface area contributed by atoms with Crippen molar-refractivity contribution in [3.05, 3.63) is 64.8 Å². The van der Waals surface area contributed by atoms with Crippen LogP contribution in [0.1, 0.15) is 13.8 Å². The number of nitrogens with zero attached hydrogens (tertiary/aromatic N) is 1. The van der Waals surface area contributed by atoms with Crippen LogP contribution in [0.5, 0.6) is 0 Å². The molecule has 0 saturated heterocycles. The predicted molar refractivity (Wildman–Crippen MR) is 118 cm³/mol. The van der Waals surface area contributed by atoms with Crippen molar-refractivity contribution >= 4 is 59.8 Å². The second-order valence-electron chi connectivity index (χ2n) is 5.30. The minimum Gasteiger partial charge on any atom is -0.529 e. The molecule has 3 aromatic rings. The Balaban J connectivity index is 0.000000456. The Labute approximate surface area is 228 Å². The molecule has 0 aliphatic rings. The Bertz CT molecular complexity index is 913. The van der Waals surface area contributed by atoms with Crippen molar-refractivity contribution in [2.24, 2.45) is 0 Å². The van der Waals surface area contributed by atoms with E-state index in [2.05, 4.69) is 9.71 Å². The summed E-state index contributed by atoms with van der Waals surface area (Å²) in [6.45, 7) is 5.32. The molecule has 1 aromatic heterocycles. The van der Waals surface area contributed by atoms with Crippen LogP contribution >= 0.6 is 32.2 Å². The number of nitrogens with one attached hydrogen (secondary N) is 1. The SMILES string of the molecule is CCO[P-]OCC.O=S(Nc1ccc2ncccc2c1)c1cc(Cl)cc(Cl)c1.[K+]. The number of anilines is 1. The summed E-state index contributed by atoms with van der Waals surface area (Å²) in [5.74, 6) is 0. The van der Waals surface area contributed by atoms with E-state index in [1.165, 1.54) is 0 Å². The zero-order valence-electron chi connectivity index (χ0n) is 16.4. The summed E-state index contributed by atoms with van der Waals surface area (Å²) in [7, 11) is -0.794. The number of benzene rings is 2. The van der Waals surface area contributed by atoms with Crippen molar-refractivity contribution in [2.45, 2.75) is 18.7 Å². The molecule has 0 radical (unpaired) electrons. The van der Waals surface area contributed by atoms with Gasteiger partial charge in [-0.2, -0.15) is 0 Å². The molecule has 2 aromatic carbocycles. The normalized spacial score (nSPS) is 11.2. The third-order valence-electron chi connectivity index (χ3n) is 3.23. The van der Waals surface area contributed by atoms with Crippen LogP contribution in [0.2, 0.25) is 10.0 Å². The minimum atomic E-state index is -1.44. The number of hydrogen-bond acceptors (Lipinski definition) is 4. The van der Waals surface area contributed by atoms with E-state index >= 15 is 0 Å². The van der Waals surface area contributed by atoms with Gasteiger partial charge in [-0.1, -0.05) is 29.3 Å². The Kier molecular flexibility index (Phi) is 14.4. The summed E-state index contributed by atoms with van der Waals surface area (Å²) in [6, 6.07) is 14.3. The van der Waals surface area contributed by atoms with Crippen LogP contribution in [-0.4, -0.2) is 22.4 Å². The Morgan fingerprint density at radius 1 is 1.03 bits per heavy atom. The smallest absolute Gasteiger partial charge is 0.529 e. The quantitative estimate of drug-likeness (QED) is 0.309. The zero-order valence-corrected chi connectivity index (χ0v) is 22.7. The molecule has 1 N–H and O–H groups in total. The molecule has 0 saturated carbocycles. The molecule has 3 rings (SSSR count). The Morgan fingerprint density at radius 3 is 2.31 bits per heavy atom. The monoisotopic (exact) mass is 496 g/mol. The van der Waals surface area contributed by atoms with Gasteiger partial charge in [-0.3, -0.25) is 4.98 Å². The molecule has 0 aliphatic carbocycles. The van der Waals surface area contributed by atoms with E-state index in [1.807, 2.05) is 44.2 Å². The van der Waals surface area contributed by atoms with Gasteiger partial charge in [-0.25, -0.2) is 13.2 Å². The molecule has 1 unspecified atom stereocenters. The van der Waals surface area contributed by atoms with Gasteiger partial charge in [0.15, 0.2) is 0 Å². The molecule has 10 heteroatoms. The minimum absolute atomic E-state index is 0. The maximum atomic E-state index is 12.3. The van der Waals surface area contributed by atoms with Crippen LogP contribution in [0, 0.1) is 0 Å². The molecule has 1 atom stereocenters. The van der Waals surface area contributed by atoms with Crippen LogP contribution in [0.4, 0.5) is 5.69 Å². The molecular formula is C19H20Cl2KN2O3PS. The van der Waals surface area contributed by atoms with Gasteiger partial charge in [-0.05, 0) is 56.3 Å². The van der Waals surface area contributed by atoms with Crippen LogP contribution in [0.25, 0.3) is 10.9 Å². The van der Waals surface area contributed by atoms with Crippen LogP contribution < -0.4 is 56.1 Å². The summed E-state index contributed by atoms with van der Waals surface area (Å²) in [4.78, 5) is 4.77. The van der Waals surface area contributed by atoms with Crippen molar-refractivity contribution in [1.29, 1.82) is 0 Å². The second kappa shape index (κ2) is 15.2. The van der Waals surface area contributed by atoms with E-state index in [0.717, 1.165) is 29.8 Å². The summed E-state index contributed by atoms with van der Waals surface area (Å²) in [5, 5.41) is 1.88. The van der Waals surface area contributed by atoms with Gasteiger partial charge in [0.1, 0.15) is 11.0 Å². The molecular weight excluding hydrogens is 477 g/mol. The second-order valence-corrected chi connectivity index (χ2v) is 8.05. The Morgan fingerprint density at radius 2 is 1.69 bits per heavy atom. The fraction of sp³-hybridized carbons (Fsp3) is 0.211. The third kappa shape index (κ3) is 10.0. The van der Waals surface area contributed by atoms with Crippen LogP contribution in [-0.2, 0) is 20.0 Å². The molecule has 29 heavy (non-hydrogen) atoms. The van der Waals surface area contributed by atoms with E-state index in [1.54, 1.807) is 24.4 Å². The van der Waals surface area contributed by atoms with Crippen molar-refractivity contribution in [2.75, 3.05) is 17.9 Å². The van der Waals surface area contributed by atoms with Gasteiger partial charge in [-0.15, -0.1) is 0 Å². The van der Waals surface area contributed by atoms with E-state index in [4.69, 9.17) is 32.2 Å². The van der Waals surface area contributed by atoms with Gasteiger partial charge in [0, 0.05) is 40.5 Å². The summed E-state index contributed by atoms with van der Waals surface area (Å²) in [6.07, 6.45) is 1.74. The fourth-order valence-corrected chi connectivity index (χ4v) is 3.95. The number of rotatable bonds is 7. The first-order valence-corrected chi connectivity index (χ1v) is 11.1. The summed E-state index contributed by atoms with van der Waals surface area (Å²) >= 11 is 11.8. The van der Waals surface area contributed by atoms with Gasteiger partial charge < -0.3 is 13.8 Å². The zero-order chi connectivity index (χ0) is 20.4. The molecule has 150 valence electrons. The van der Waals surface area contributed by atoms with Gasteiger partial charge in [0.25, 0.3) is 0 Å². The number of aromatic nitrogens is 1. The molecule has 0 amide bonds. The molecule has 0 spiro atoms. The van der Waals surface area contributed by atoms with Crippen molar-refractivity contribution in [3.63, 3.8) is 0 Å². The average Bonchev–Trinajstić information content (AvgIpc) is 2.68. The van der Waals surface area contributed by atoms with Crippen LogP contribution in [0.15, 0.2) is 59.6 Å². The third-order valence-corrected chi connectivity index (χ3v) is 5.48. The van der Waals surface area contributed by atoms with Gasteiger partial charge in [0.05, 0.1) is 10.4 Å². The first-order valence-electron chi connectivity index (χ1n) is 8.47. The standard InChI is InChI=1S/C15H10Cl2N2OS.C4H10O2P.K/c16-11-7-12(17)9-14(8-11)21(20)19-13-3-4-15-10(6-13)2-1-5-18-15;1-3-5-7-6-4-2;/h1-9,19H;3-4H2,1-2H3;/q;-1;+1. The van der Waals surface area contributed by atoms with Crippen molar-refractivity contribution in [3.8, 4) is 0 Å². The summed E-state index contributed by atoms with van der Waals surface area (Å²) in [5.41, 5.74) is 1.63. The molecule has 0 bridgehead atoms. The number of hydrogen-bond donors (Lipinski definition) is 1. The summed E-state index contributed by atoms with van der Waals surface area (Å²) < 4.78 is 24.9.